The maximum absolute atomic E-state index is 12.3. The zero-order chi connectivity index (χ0) is 17.1. The van der Waals surface area contributed by atoms with E-state index in [1.54, 1.807) is 21.9 Å². The SMILES string of the molecule is O=C(CN1CCSC1=O)N1CCN(c2ccc([N+](=O)[O-])cc2)CC1. The van der Waals surface area contributed by atoms with Crippen LogP contribution >= 0.6 is 11.8 Å². The summed E-state index contributed by atoms with van der Waals surface area (Å²) in [4.78, 5) is 39.6. The first kappa shape index (κ1) is 16.6. The number of amides is 2. The van der Waals surface area contributed by atoms with Crippen LogP contribution in [0.5, 0.6) is 0 Å². The standard InChI is InChI=1S/C15H18N4O4S/c20-14(11-18-9-10-24-15(18)21)17-7-5-16(6-8-17)12-1-3-13(4-2-12)19(22)23/h1-4H,5-11H2. The fraction of sp³-hybridized carbons (Fsp3) is 0.467. The Morgan fingerprint density at radius 1 is 1.12 bits per heavy atom. The van der Waals surface area contributed by atoms with Crippen molar-refractivity contribution in [2.45, 2.75) is 0 Å². The molecule has 3 rings (SSSR count). The van der Waals surface area contributed by atoms with Crippen LogP contribution in [0, 0.1) is 10.1 Å². The number of piperazine rings is 1. The predicted molar refractivity (Wildman–Crippen MR) is 91.3 cm³/mol. The van der Waals surface area contributed by atoms with Gasteiger partial charge < -0.3 is 14.7 Å². The number of carbonyl (C=O) groups is 2. The Balaban J connectivity index is 1.52. The number of anilines is 1. The number of hydrogen-bond donors (Lipinski definition) is 0. The first-order valence-corrected chi connectivity index (χ1v) is 8.72. The van der Waals surface area contributed by atoms with E-state index in [0.717, 1.165) is 11.4 Å². The molecule has 0 atom stereocenters. The van der Waals surface area contributed by atoms with Crippen molar-refractivity contribution in [2.24, 2.45) is 0 Å². The number of thioether (sulfide) groups is 1. The van der Waals surface area contributed by atoms with E-state index in [0.29, 0.717) is 32.7 Å². The molecule has 0 aromatic heterocycles. The number of nitro benzene ring substituents is 1. The Kier molecular flexibility index (Phi) is 4.89. The van der Waals surface area contributed by atoms with E-state index in [4.69, 9.17) is 0 Å². The molecule has 8 nitrogen and oxygen atoms in total. The molecule has 1 aromatic carbocycles. The molecule has 2 aliphatic rings. The van der Waals surface area contributed by atoms with Gasteiger partial charge in [-0.15, -0.1) is 0 Å². The molecular formula is C15H18N4O4S. The maximum atomic E-state index is 12.3. The van der Waals surface area contributed by atoms with Crippen LogP contribution in [0.2, 0.25) is 0 Å². The molecule has 1 aromatic rings. The number of nitro groups is 1. The fourth-order valence-electron chi connectivity index (χ4n) is 2.83. The molecule has 0 radical (unpaired) electrons. The van der Waals surface area contributed by atoms with Gasteiger partial charge in [-0.25, -0.2) is 0 Å². The van der Waals surface area contributed by atoms with Gasteiger partial charge >= 0.3 is 0 Å². The van der Waals surface area contributed by atoms with Crippen LogP contribution < -0.4 is 4.90 Å². The summed E-state index contributed by atoms with van der Waals surface area (Å²) in [6, 6.07) is 6.44. The van der Waals surface area contributed by atoms with Gasteiger partial charge in [-0.1, -0.05) is 11.8 Å². The summed E-state index contributed by atoms with van der Waals surface area (Å²) in [5.74, 6) is 0.731. The highest BCUT2D eigenvalue weighted by atomic mass is 32.2. The molecule has 2 saturated heterocycles. The molecule has 0 saturated carbocycles. The first-order valence-electron chi connectivity index (χ1n) is 7.73. The third-order valence-electron chi connectivity index (χ3n) is 4.23. The maximum Gasteiger partial charge on any atom is 0.282 e. The molecule has 0 spiro atoms. The smallest absolute Gasteiger partial charge is 0.282 e. The van der Waals surface area contributed by atoms with Gasteiger partial charge in [0.2, 0.25) is 5.91 Å². The predicted octanol–water partition coefficient (Wildman–Crippen LogP) is 1.41. The van der Waals surface area contributed by atoms with Crippen molar-refractivity contribution in [3.05, 3.63) is 34.4 Å². The van der Waals surface area contributed by atoms with E-state index in [2.05, 4.69) is 4.90 Å². The molecule has 2 amide bonds. The van der Waals surface area contributed by atoms with Crippen LogP contribution in [-0.4, -0.2) is 70.9 Å². The fourth-order valence-corrected chi connectivity index (χ4v) is 3.66. The van der Waals surface area contributed by atoms with Gasteiger partial charge in [-0.05, 0) is 12.1 Å². The van der Waals surface area contributed by atoms with Crippen molar-refractivity contribution in [1.29, 1.82) is 0 Å². The van der Waals surface area contributed by atoms with E-state index in [1.165, 1.54) is 23.9 Å². The van der Waals surface area contributed by atoms with Crippen LogP contribution in [0.3, 0.4) is 0 Å². The molecular weight excluding hydrogens is 332 g/mol. The van der Waals surface area contributed by atoms with Gasteiger partial charge in [0, 0.05) is 56.3 Å². The number of hydrogen-bond acceptors (Lipinski definition) is 6. The zero-order valence-electron chi connectivity index (χ0n) is 13.1. The number of nitrogens with zero attached hydrogens (tertiary/aromatic N) is 4. The minimum atomic E-state index is -0.418. The van der Waals surface area contributed by atoms with Gasteiger partial charge in [0.05, 0.1) is 4.92 Å². The highest BCUT2D eigenvalue weighted by molar-refractivity contribution is 8.13. The highest BCUT2D eigenvalue weighted by Crippen LogP contribution is 2.21. The average molecular weight is 350 g/mol. The highest BCUT2D eigenvalue weighted by Gasteiger charge is 2.27. The van der Waals surface area contributed by atoms with Crippen LogP contribution in [0.4, 0.5) is 16.2 Å². The van der Waals surface area contributed by atoms with Crippen LogP contribution in [0.1, 0.15) is 0 Å². The van der Waals surface area contributed by atoms with E-state index < -0.39 is 4.92 Å². The summed E-state index contributed by atoms with van der Waals surface area (Å²) in [5.41, 5.74) is 0.986. The molecule has 0 bridgehead atoms. The summed E-state index contributed by atoms with van der Waals surface area (Å²) in [5, 5.41) is 10.7. The van der Waals surface area contributed by atoms with Gasteiger partial charge in [-0.2, -0.15) is 0 Å². The Morgan fingerprint density at radius 2 is 1.79 bits per heavy atom. The number of carbonyl (C=O) groups excluding carboxylic acids is 2. The number of non-ortho nitro benzene ring substituents is 1. The summed E-state index contributed by atoms with van der Waals surface area (Å²) in [7, 11) is 0. The molecule has 0 unspecified atom stereocenters. The number of rotatable bonds is 4. The lowest BCUT2D eigenvalue weighted by molar-refractivity contribution is -0.384. The third kappa shape index (κ3) is 3.61. The Labute approximate surface area is 143 Å². The Hall–Kier alpha value is -2.29. The second kappa shape index (κ2) is 7.08. The summed E-state index contributed by atoms with van der Waals surface area (Å²) < 4.78 is 0. The summed E-state index contributed by atoms with van der Waals surface area (Å²) >= 11 is 1.25. The molecule has 0 aliphatic carbocycles. The first-order chi connectivity index (χ1) is 11.5. The summed E-state index contributed by atoms with van der Waals surface area (Å²) in [6.07, 6.45) is 0. The van der Waals surface area contributed by atoms with Crippen LogP contribution in [-0.2, 0) is 4.79 Å². The molecule has 128 valence electrons. The minimum absolute atomic E-state index is 0.0193. The lowest BCUT2D eigenvalue weighted by Gasteiger charge is -2.36. The second-order valence-electron chi connectivity index (χ2n) is 5.68. The topological polar surface area (TPSA) is 87.0 Å². The zero-order valence-corrected chi connectivity index (χ0v) is 13.9. The Morgan fingerprint density at radius 3 is 2.33 bits per heavy atom. The van der Waals surface area contributed by atoms with Crippen molar-refractivity contribution in [3.63, 3.8) is 0 Å². The Bertz CT molecular complexity index is 643. The van der Waals surface area contributed by atoms with Crippen molar-refractivity contribution in [2.75, 3.05) is 49.9 Å². The van der Waals surface area contributed by atoms with Crippen molar-refractivity contribution in [1.82, 2.24) is 9.80 Å². The molecule has 2 heterocycles. The van der Waals surface area contributed by atoms with Crippen LogP contribution in [0.25, 0.3) is 0 Å². The molecule has 2 aliphatic heterocycles. The third-order valence-corrected chi connectivity index (χ3v) is 5.12. The monoisotopic (exact) mass is 350 g/mol. The van der Waals surface area contributed by atoms with E-state index in [9.17, 15) is 19.7 Å². The van der Waals surface area contributed by atoms with Gasteiger partial charge in [0.25, 0.3) is 10.9 Å². The quantitative estimate of drug-likeness (QED) is 0.603. The number of benzene rings is 1. The molecule has 0 N–H and O–H groups in total. The minimum Gasteiger partial charge on any atom is -0.368 e. The van der Waals surface area contributed by atoms with Gasteiger partial charge in [0.15, 0.2) is 0 Å². The van der Waals surface area contributed by atoms with Crippen LogP contribution in [0.15, 0.2) is 24.3 Å². The molecule has 24 heavy (non-hydrogen) atoms. The lowest BCUT2D eigenvalue weighted by Crippen LogP contribution is -2.51. The average Bonchev–Trinajstić information content (AvgIpc) is 3.00. The summed E-state index contributed by atoms with van der Waals surface area (Å²) in [6.45, 7) is 3.32. The lowest BCUT2D eigenvalue weighted by atomic mass is 10.2. The van der Waals surface area contributed by atoms with Gasteiger partial charge in [-0.3, -0.25) is 19.7 Å². The van der Waals surface area contributed by atoms with E-state index in [-0.39, 0.29) is 23.4 Å². The molecule has 2 fully saturated rings. The van der Waals surface area contributed by atoms with Crippen molar-refractivity contribution >= 4 is 34.3 Å². The second-order valence-corrected chi connectivity index (χ2v) is 6.72. The molecule has 9 heteroatoms. The van der Waals surface area contributed by atoms with Crippen molar-refractivity contribution < 1.29 is 14.5 Å². The van der Waals surface area contributed by atoms with E-state index >= 15 is 0 Å². The van der Waals surface area contributed by atoms with Gasteiger partial charge in [0.1, 0.15) is 6.54 Å². The normalized spacial score (nSPS) is 18.2. The van der Waals surface area contributed by atoms with Crippen molar-refractivity contribution in [3.8, 4) is 0 Å². The largest absolute Gasteiger partial charge is 0.368 e. The van der Waals surface area contributed by atoms with E-state index in [1.807, 2.05) is 0 Å².